The van der Waals surface area contributed by atoms with Crippen molar-refractivity contribution in [3.8, 4) is 0 Å². The van der Waals surface area contributed by atoms with Crippen LogP contribution in [0.2, 0.25) is 0 Å². The van der Waals surface area contributed by atoms with Gasteiger partial charge in [-0.25, -0.2) is 5.84 Å². The molecule has 2 atom stereocenters. The van der Waals surface area contributed by atoms with Crippen LogP contribution in [0.3, 0.4) is 0 Å². The van der Waals surface area contributed by atoms with E-state index in [1.807, 2.05) is 36.1 Å². The highest BCUT2D eigenvalue weighted by Crippen LogP contribution is 2.37. The molecule has 10 heteroatoms. The van der Waals surface area contributed by atoms with E-state index in [1.54, 1.807) is 5.01 Å². The Balaban J connectivity index is 1.48. The van der Waals surface area contributed by atoms with Gasteiger partial charge in [-0.1, -0.05) is 12.1 Å². The first-order valence-corrected chi connectivity index (χ1v) is 14.2. The molecule has 7 bridgehead atoms. The van der Waals surface area contributed by atoms with Gasteiger partial charge in [0.15, 0.2) is 0 Å². The minimum atomic E-state index is -0.284. The predicted octanol–water partition coefficient (Wildman–Crippen LogP) is 2.57. The van der Waals surface area contributed by atoms with Crippen molar-refractivity contribution < 1.29 is 23.8 Å². The van der Waals surface area contributed by atoms with Crippen molar-refractivity contribution in [1.29, 1.82) is 0 Å². The molecule has 8 rings (SSSR count). The molecule has 216 valence electrons. The van der Waals surface area contributed by atoms with Crippen LogP contribution in [0.1, 0.15) is 57.9 Å². The van der Waals surface area contributed by atoms with Crippen LogP contribution in [0.25, 0.3) is 0 Å². The largest absolute Gasteiger partial charge is 0.469 e. The Kier molecular flexibility index (Phi) is 8.90. The van der Waals surface area contributed by atoms with E-state index in [2.05, 4.69) is 11.0 Å². The number of esters is 1. The number of anilines is 2. The van der Waals surface area contributed by atoms with E-state index in [-0.39, 0.29) is 30.4 Å². The van der Waals surface area contributed by atoms with Crippen LogP contribution in [-0.2, 0) is 32.0 Å². The third-order valence-corrected chi connectivity index (χ3v) is 8.51. The van der Waals surface area contributed by atoms with Crippen LogP contribution in [-0.4, -0.2) is 80.9 Å². The summed E-state index contributed by atoms with van der Waals surface area (Å²) in [5.74, 6) is 6.15. The highest BCUT2D eigenvalue weighted by molar-refractivity contribution is 5.94. The lowest BCUT2D eigenvalue weighted by Crippen LogP contribution is -2.41. The van der Waals surface area contributed by atoms with E-state index in [1.165, 1.54) is 12.7 Å². The van der Waals surface area contributed by atoms with Gasteiger partial charge in [-0.3, -0.25) is 14.5 Å². The van der Waals surface area contributed by atoms with Crippen LogP contribution < -0.4 is 16.6 Å². The second kappa shape index (κ2) is 12.6. The third kappa shape index (κ3) is 6.10. The summed E-state index contributed by atoms with van der Waals surface area (Å²) in [5, 5.41) is 1.61. The molecule has 6 aliphatic heterocycles. The van der Waals surface area contributed by atoms with Gasteiger partial charge in [0, 0.05) is 37.8 Å². The standard InChI is InChI=1S/C30H41N5O5/c1-20-25-5-6-26(29(20)31)35(32)13-14-39-15-16-40-24-8-11-33(12-9-24)30(37)22-4-3-21-7-10-34(19-23(21)17-22)27(25)18-28(36)38-2/h3-6,17,24,27H,7-16,18-19,31-32H2,1-2H3. The van der Waals surface area contributed by atoms with Crippen molar-refractivity contribution in [3.05, 3.63) is 58.1 Å². The Bertz CT molecular complexity index is 1230. The summed E-state index contributed by atoms with van der Waals surface area (Å²) in [7, 11) is 1.41. The Morgan fingerprint density at radius 1 is 1.05 bits per heavy atom. The van der Waals surface area contributed by atoms with Crippen LogP contribution in [0, 0.1) is 6.92 Å². The highest BCUT2D eigenvalue weighted by Gasteiger charge is 2.31. The van der Waals surface area contributed by atoms with Gasteiger partial charge in [0.1, 0.15) is 0 Å². The summed E-state index contributed by atoms with van der Waals surface area (Å²) in [6, 6.07) is 9.75. The highest BCUT2D eigenvalue weighted by atomic mass is 16.5. The van der Waals surface area contributed by atoms with E-state index < -0.39 is 0 Å². The maximum atomic E-state index is 13.4. The molecule has 6 aliphatic rings. The third-order valence-electron chi connectivity index (χ3n) is 8.51. The monoisotopic (exact) mass is 551 g/mol. The first-order chi connectivity index (χ1) is 19.4. The number of carbonyl (C=O) groups is 2. The van der Waals surface area contributed by atoms with Crippen molar-refractivity contribution in [2.24, 2.45) is 5.84 Å². The second-order valence-electron chi connectivity index (χ2n) is 10.9. The molecular formula is C30H41N5O5. The fourth-order valence-corrected chi connectivity index (χ4v) is 6.06. The number of carbonyl (C=O) groups excluding carboxylic acids is 2. The maximum Gasteiger partial charge on any atom is 0.307 e. The molecule has 6 heterocycles. The Labute approximate surface area is 236 Å². The number of hydrogen-bond acceptors (Lipinski definition) is 9. The minimum Gasteiger partial charge on any atom is -0.469 e. The summed E-state index contributed by atoms with van der Waals surface area (Å²) in [6.45, 7) is 6.60. The Morgan fingerprint density at radius 3 is 2.62 bits per heavy atom. The van der Waals surface area contributed by atoms with Crippen LogP contribution in [0.4, 0.5) is 11.4 Å². The summed E-state index contributed by atoms with van der Waals surface area (Å²) in [4.78, 5) is 30.2. The molecule has 1 fully saturated rings. The van der Waals surface area contributed by atoms with Crippen molar-refractivity contribution in [1.82, 2.24) is 9.80 Å². The van der Waals surface area contributed by atoms with Crippen LogP contribution in [0.5, 0.6) is 0 Å². The molecule has 1 saturated heterocycles. The topological polar surface area (TPSA) is 124 Å². The van der Waals surface area contributed by atoms with Gasteiger partial charge in [-0.15, -0.1) is 0 Å². The van der Waals surface area contributed by atoms with E-state index in [4.69, 9.17) is 25.8 Å². The number of methoxy groups -OCH3 is 1. The van der Waals surface area contributed by atoms with Crippen molar-refractivity contribution in [2.45, 2.75) is 51.3 Å². The summed E-state index contributed by atoms with van der Waals surface area (Å²) >= 11 is 0. The van der Waals surface area contributed by atoms with Gasteiger partial charge in [-0.2, -0.15) is 0 Å². The van der Waals surface area contributed by atoms with Crippen molar-refractivity contribution in [2.75, 3.05) is 63.9 Å². The fraction of sp³-hybridized carbons (Fsp3) is 0.533. The summed E-state index contributed by atoms with van der Waals surface area (Å²) in [5.41, 5.74) is 12.8. The minimum absolute atomic E-state index is 0.0560. The smallest absolute Gasteiger partial charge is 0.307 e. The fourth-order valence-electron chi connectivity index (χ4n) is 6.06. The lowest BCUT2D eigenvalue weighted by Gasteiger charge is -2.37. The lowest BCUT2D eigenvalue weighted by molar-refractivity contribution is -0.142. The second-order valence-corrected chi connectivity index (χ2v) is 10.9. The van der Waals surface area contributed by atoms with Gasteiger partial charge in [-0.05, 0) is 66.6 Å². The van der Waals surface area contributed by atoms with Gasteiger partial charge in [0.05, 0.1) is 57.4 Å². The summed E-state index contributed by atoms with van der Waals surface area (Å²) in [6.07, 6.45) is 2.77. The van der Waals surface area contributed by atoms with Gasteiger partial charge >= 0.3 is 5.97 Å². The number of nitrogens with two attached hydrogens (primary N) is 2. The summed E-state index contributed by atoms with van der Waals surface area (Å²) < 4.78 is 16.9. The number of hydrazine groups is 1. The van der Waals surface area contributed by atoms with E-state index in [0.29, 0.717) is 57.3 Å². The number of nitrogens with zero attached hydrogens (tertiary/aromatic N) is 3. The van der Waals surface area contributed by atoms with E-state index in [0.717, 1.165) is 48.2 Å². The van der Waals surface area contributed by atoms with Gasteiger partial charge in [0.25, 0.3) is 5.91 Å². The molecule has 40 heavy (non-hydrogen) atoms. The number of hydrogen-bond donors (Lipinski definition) is 2. The van der Waals surface area contributed by atoms with E-state index >= 15 is 0 Å². The normalized spacial score (nSPS) is 24.1. The number of amides is 1. The Morgan fingerprint density at radius 2 is 1.85 bits per heavy atom. The molecule has 2 aromatic rings. The van der Waals surface area contributed by atoms with Crippen molar-refractivity contribution in [3.63, 3.8) is 0 Å². The van der Waals surface area contributed by atoms with Gasteiger partial charge in [0.2, 0.25) is 0 Å². The average molecular weight is 552 g/mol. The maximum absolute atomic E-state index is 13.4. The zero-order valence-electron chi connectivity index (χ0n) is 23.6. The number of benzene rings is 2. The molecule has 10 nitrogen and oxygen atoms in total. The van der Waals surface area contributed by atoms with Crippen LogP contribution >= 0.6 is 0 Å². The molecular weight excluding hydrogens is 510 g/mol. The van der Waals surface area contributed by atoms with E-state index in [9.17, 15) is 9.59 Å². The number of nitrogen functional groups attached to an aromatic ring is 1. The molecule has 2 aromatic carbocycles. The van der Waals surface area contributed by atoms with Crippen LogP contribution in [0.15, 0.2) is 30.3 Å². The zero-order chi connectivity index (χ0) is 28.2. The zero-order valence-corrected chi connectivity index (χ0v) is 23.6. The average Bonchev–Trinajstić information content (AvgIpc) is 2.98. The molecule has 0 aliphatic carbocycles. The predicted molar refractivity (Wildman–Crippen MR) is 153 cm³/mol. The molecule has 2 unspecified atom stereocenters. The molecule has 0 saturated carbocycles. The number of piperidine rings is 1. The molecule has 0 radical (unpaired) electrons. The quantitative estimate of drug-likeness (QED) is 0.329. The molecule has 4 N–H and O–H groups in total. The lowest BCUT2D eigenvalue weighted by atomic mass is 9.91. The number of rotatable bonds is 2. The molecule has 0 aromatic heterocycles. The SMILES string of the molecule is COC(=O)CC1c2ccc(c(N)c2C)N(N)CCOCCOC2CCN(CC2)C(=O)c2ccc3c(c2)CN1CC3. The van der Waals surface area contributed by atoms with Gasteiger partial charge < -0.3 is 29.9 Å². The molecule has 0 spiro atoms. The first kappa shape index (κ1) is 28.4. The molecule has 1 amide bonds. The Hall–Kier alpha value is -3.18. The van der Waals surface area contributed by atoms with Crippen molar-refractivity contribution >= 4 is 23.3 Å². The number of ether oxygens (including phenoxy) is 3. The first-order valence-electron chi connectivity index (χ1n) is 14.2.